The van der Waals surface area contributed by atoms with E-state index < -0.39 is 11.0 Å². The van der Waals surface area contributed by atoms with E-state index in [4.69, 9.17) is 10.00 Å². The summed E-state index contributed by atoms with van der Waals surface area (Å²) < 4.78 is 5.30. The molecule has 3 nitrogen and oxygen atoms in total. The Labute approximate surface area is 108 Å². The Balaban J connectivity index is 3.04. The fourth-order valence-corrected chi connectivity index (χ4v) is 1.44. The molecule has 0 bridgehead atoms. The third kappa shape index (κ3) is 3.59. The maximum Gasteiger partial charge on any atom is 0.338 e. The lowest BCUT2D eigenvalue weighted by Gasteiger charge is -2.21. The highest BCUT2D eigenvalue weighted by molar-refractivity contribution is 5.90. The first-order valence-corrected chi connectivity index (χ1v) is 5.91. The molecule has 0 amide bonds. The molecule has 0 aliphatic carbocycles. The third-order valence-electron chi connectivity index (χ3n) is 2.50. The van der Waals surface area contributed by atoms with Gasteiger partial charge in [-0.3, -0.25) is 0 Å². The third-order valence-corrected chi connectivity index (χ3v) is 2.50. The molecular weight excluding hydrogens is 226 g/mol. The predicted octanol–water partition coefficient (Wildman–Crippen LogP) is 3.44. The molecule has 18 heavy (non-hydrogen) atoms. The average molecular weight is 245 g/mol. The Morgan fingerprint density at radius 1 is 1.22 bits per heavy atom. The number of nitrogens with zero attached hydrogens (tertiary/aromatic N) is 1. The number of benzene rings is 1. The zero-order valence-electron chi connectivity index (χ0n) is 11.6. The van der Waals surface area contributed by atoms with E-state index in [1.54, 1.807) is 18.2 Å². The summed E-state index contributed by atoms with van der Waals surface area (Å²) in [7, 11) is 0. The Bertz CT molecular complexity index is 490. The van der Waals surface area contributed by atoms with Crippen LogP contribution in [-0.2, 0) is 10.2 Å². The van der Waals surface area contributed by atoms with E-state index in [0.717, 1.165) is 5.56 Å². The molecule has 96 valence electrons. The van der Waals surface area contributed by atoms with Gasteiger partial charge in [-0.25, -0.2) is 4.79 Å². The van der Waals surface area contributed by atoms with Gasteiger partial charge in [0.2, 0.25) is 0 Å². The van der Waals surface area contributed by atoms with Gasteiger partial charge in [-0.15, -0.1) is 0 Å². The molecule has 0 spiro atoms. The number of rotatable bonds is 2. The van der Waals surface area contributed by atoms with E-state index in [1.165, 1.54) is 0 Å². The van der Waals surface area contributed by atoms with E-state index in [9.17, 15) is 4.79 Å². The van der Waals surface area contributed by atoms with Crippen LogP contribution < -0.4 is 0 Å². The van der Waals surface area contributed by atoms with Crippen molar-refractivity contribution in [1.82, 2.24) is 0 Å². The van der Waals surface area contributed by atoms with Crippen LogP contribution in [0.4, 0.5) is 0 Å². The van der Waals surface area contributed by atoms with E-state index in [1.807, 2.05) is 40.7 Å². The van der Waals surface area contributed by atoms with Gasteiger partial charge in [-0.2, -0.15) is 5.26 Å². The highest BCUT2D eigenvalue weighted by atomic mass is 16.6. The second-order valence-electron chi connectivity index (χ2n) is 5.82. The Morgan fingerprint density at radius 2 is 1.83 bits per heavy atom. The maximum atomic E-state index is 11.9. The predicted molar refractivity (Wildman–Crippen MR) is 70.2 cm³/mol. The zero-order valence-corrected chi connectivity index (χ0v) is 11.6. The molecule has 1 aromatic rings. The summed E-state index contributed by atoms with van der Waals surface area (Å²) in [5.74, 6) is -0.363. The van der Waals surface area contributed by atoms with Gasteiger partial charge in [-0.1, -0.05) is 12.1 Å². The first kappa shape index (κ1) is 14.2. The van der Waals surface area contributed by atoms with E-state index in [0.29, 0.717) is 5.56 Å². The molecule has 0 saturated heterocycles. The van der Waals surface area contributed by atoms with Crippen LogP contribution in [0.1, 0.15) is 50.5 Å². The largest absolute Gasteiger partial charge is 0.456 e. The second-order valence-corrected chi connectivity index (χ2v) is 5.82. The first-order chi connectivity index (χ1) is 8.15. The SMILES string of the molecule is CC(C)(C)OC(=O)c1cccc(C(C)(C)C#N)c1. The summed E-state index contributed by atoms with van der Waals surface area (Å²) in [6.07, 6.45) is 0. The lowest BCUT2D eigenvalue weighted by Crippen LogP contribution is -2.24. The van der Waals surface area contributed by atoms with Crippen LogP contribution in [0.2, 0.25) is 0 Å². The molecule has 0 saturated carbocycles. The molecule has 0 N–H and O–H groups in total. The maximum absolute atomic E-state index is 11.9. The summed E-state index contributed by atoms with van der Waals surface area (Å²) in [5.41, 5.74) is 0.162. The first-order valence-electron chi connectivity index (χ1n) is 5.91. The molecule has 3 heteroatoms. The molecule has 1 rings (SSSR count). The van der Waals surface area contributed by atoms with Crippen LogP contribution >= 0.6 is 0 Å². The lowest BCUT2D eigenvalue weighted by atomic mass is 9.85. The number of carbonyl (C=O) groups is 1. The monoisotopic (exact) mass is 245 g/mol. The Morgan fingerprint density at radius 3 is 2.33 bits per heavy atom. The molecule has 0 aliphatic rings. The fourth-order valence-electron chi connectivity index (χ4n) is 1.44. The minimum absolute atomic E-state index is 0.363. The van der Waals surface area contributed by atoms with Crippen molar-refractivity contribution in [3.63, 3.8) is 0 Å². The normalized spacial score (nSPS) is 11.8. The smallest absolute Gasteiger partial charge is 0.338 e. The van der Waals surface area contributed by atoms with Crippen molar-refractivity contribution in [2.24, 2.45) is 0 Å². The van der Waals surface area contributed by atoms with Gasteiger partial charge in [0, 0.05) is 0 Å². The molecule has 0 aromatic heterocycles. The van der Waals surface area contributed by atoms with E-state index in [2.05, 4.69) is 6.07 Å². The van der Waals surface area contributed by atoms with Crippen LogP contribution in [0.25, 0.3) is 0 Å². The quantitative estimate of drug-likeness (QED) is 0.750. The summed E-state index contributed by atoms with van der Waals surface area (Å²) >= 11 is 0. The van der Waals surface area contributed by atoms with Crippen molar-refractivity contribution in [1.29, 1.82) is 5.26 Å². The number of hydrogen-bond acceptors (Lipinski definition) is 3. The van der Waals surface area contributed by atoms with Gasteiger partial charge in [0.1, 0.15) is 5.60 Å². The van der Waals surface area contributed by atoms with Gasteiger partial charge in [0.05, 0.1) is 17.0 Å². The minimum atomic E-state index is -0.613. The van der Waals surface area contributed by atoms with Gasteiger partial charge >= 0.3 is 5.97 Å². The molecule has 0 fully saturated rings. The Hall–Kier alpha value is -1.82. The van der Waals surface area contributed by atoms with Crippen LogP contribution in [0.3, 0.4) is 0 Å². The zero-order chi connectivity index (χ0) is 14.0. The van der Waals surface area contributed by atoms with Gasteiger partial charge in [0.25, 0.3) is 0 Å². The molecular formula is C15H19NO2. The Kier molecular flexibility index (Phi) is 3.81. The number of nitriles is 1. The molecule has 0 heterocycles. The number of hydrogen-bond donors (Lipinski definition) is 0. The van der Waals surface area contributed by atoms with Crippen molar-refractivity contribution in [3.05, 3.63) is 35.4 Å². The van der Waals surface area contributed by atoms with Crippen LogP contribution in [0.15, 0.2) is 24.3 Å². The van der Waals surface area contributed by atoms with Crippen LogP contribution in [0.5, 0.6) is 0 Å². The van der Waals surface area contributed by atoms with Crippen molar-refractivity contribution in [2.75, 3.05) is 0 Å². The van der Waals surface area contributed by atoms with E-state index >= 15 is 0 Å². The lowest BCUT2D eigenvalue weighted by molar-refractivity contribution is 0.00694. The summed E-state index contributed by atoms with van der Waals surface area (Å²) in [5, 5.41) is 9.10. The highest BCUT2D eigenvalue weighted by Gasteiger charge is 2.22. The number of ether oxygens (including phenoxy) is 1. The van der Waals surface area contributed by atoms with Crippen LogP contribution in [-0.4, -0.2) is 11.6 Å². The average Bonchev–Trinajstić information content (AvgIpc) is 2.27. The number of carbonyl (C=O) groups excluding carboxylic acids is 1. The molecule has 0 atom stereocenters. The molecule has 0 unspecified atom stereocenters. The van der Waals surface area contributed by atoms with Gasteiger partial charge in [0.15, 0.2) is 0 Å². The van der Waals surface area contributed by atoms with Crippen LogP contribution in [0, 0.1) is 11.3 Å². The summed E-state index contributed by atoms with van der Waals surface area (Å²) in [4.78, 5) is 11.9. The second kappa shape index (κ2) is 4.81. The fraction of sp³-hybridized carbons (Fsp3) is 0.467. The highest BCUT2D eigenvalue weighted by Crippen LogP contribution is 2.23. The van der Waals surface area contributed by atoms with Crippen molar-refractivity contribution in [3.8, 4) is 6.07 Å². The molecule has 1 aromatic carbocycles. The minimum Gasteiger partial charge on any atom is -0.456 e. The van der Waals surface area contributed by atoms with E-state index in [-0.39, 0.29) is 5.97 Å². The standard InChI is InChI=1S/C15H19NO2/c1-14(2,3)18-13(17)11-7-6-8-12(9-11)15(4,5)10-16/h6-9H,1-5H3. The van der Waals surface area contributed by atoms with Crippen molar-refractivity contribution >= 4 is 5.97 Å². The van der Waals surface area contributed by atoms with Gasteiger partial charge < -0.3 is 4.74 Å². The van der Waals surface area contributed by atoms with Crippen molar-refractivity contribution in [2.45, 2.75) is 45.6 Å². The summed E-state index contributed by atoms with van der Waals surface area (Å²) in [6, 6.07) is 9.25. The summed E-state index contributed by atoms with van der Waals surface area (Å²) in [6.45, 7) is 9.12. The van der Waals surface area contributed by atoms with Crippen molar-refractivity contribution < 1.29 is 9.53 Å². The number of esters is 1. The molecule has 0 aliphatic heterocycles. The van der Waals surface area contributed by atoms with Gasteiger partial charge in [-0.05, 0) is 52.3 Å². The molecule has 0 radical (unpaired) electrons. The topological polar surface area (TPSA) is 50.1 Å².